The molecule has 2 aromatic carbocycles. The van der Waals surface area contributed by atoms with Gasteiger partial charge in [-0.25, -0.2) is 4.98 Å². The maximum Gasteiger partial charge on any atom is 0.141 e. The number of benzene rings is 2. The Morgan fingerprint density at radius 1 is 0.903 bits per heavy atom. The lowest BCUT2D eigenvalue weighted by Gasteiger charge is -2.05. The summed E-state index contributed by atoms with van der Waals surface area (Å²) in [4.78, 5) is 9.67. The molecule has 6 heteroatoms. The summed E-state index contributed by atoms with van der Waals surface area (Å²) >= 11 is 3.69. The summed E-state index contributed by atoms with van der Waals surface area (Å²) < 4.78 is 10.7. The molecule has 2 heterocycles. The Morgan fingerprint density at radius 3 is 2.16 bits per heavy atom. The van der Waals surface area contributed by atoms with E-state index in [4.69, 9.17) is 14.5 Å². The van der Waals surface area contributed by atoms with Crippen molar-refractivity contribution in [3.05, 3.63) is 66.4 Å². The van der Waals surface area contributed by atoms with Crippen molar-refractivity contribution in [2.75, 3.05) is 25.7 Å². The highest BCUT2D eigenvalue weighted by Crippen LogP contribution is 2.41. The normalized spacial score (nSPS) is 10.9. The van der Waals surface area contributed by atoms with Gasteiger partial charge in [-0.3, -0.25) is 0 Å². The zero-order chi connectivity index (χ0) is 21.6. The Morgan fingerprint density at radius 2 is 1.55 bits per heavy atom. The van der Waals surface area contributed by atoms with Crippen LogP contribution in [0.25, 0.3) is 32.4 Å². The lowest BCUT2D eigenvalue weighted by Crippen LogP contribution is -1.90. The van der Waals surface area contributed by atoms with E-state index in [1.807, 2.05) is 42.2 Å². The number of aromatic nitrogens is 2. The molecule has 0 unspecified atom stereocenters. The molecule has 4 rings (SSSR count). The molecule has 0 atom stereocenters. The number of aromatic amines is 1. The molecule has 0 fully saturated rings. The van der Waals surface area contributed by atoms with Crippen LogP contribution in [0.1, 0.15) is 12.5 Å². The van der Waals surface area contributed by atoms with Crippen LogP contribution in [0, 0.1) is 0 Å². The zero-order valence-electron chi connectivity index (χ0n) is 18.0. The van der Waals surface area contributed by atoms with Gasteiger partial charge in [0.25, 0.3) is 0 Å². The van der Waals surface area contributed by atoms with Crippen LogP contribution in [0.3, 0.4) is 0 Å². The number of thiazole rings is 1. The third-order valence-electron chi connectivity index (χ3n) is 5.11. The number of hydrogen-bond acceptors (Lipinski definition) is 5. The minimum absolute atomic E-state index is 0.838. The molecule has 0 saturated carbocycles. The zero-order valence-corrected chi connectivity index (χ0v) is 19.6. The molecular weight excluding hydrogens is 424 g/mol. The van der Waals surface area contributed by atoms with Gasteiger partial charge in [-0.2, -0.15) is 11.8 Å². The average molecular weight is 451 g/mol. The van der Waals surface area contributed by atoms with Crippen LogP contribution in [-0.4, -0.2) is 35.7 Å². The second-order valence-electron chi connectivity index (χ2n) is 6.98. The van der Waals surface area contributed by atoms with Crippen LogP contribution in [0.4, 0.5) is 0 Å². The van der Waals surface area contributed by atoms with Crippen molar-refractivity contribution >= 4 is 23.1 Å². The second kappa shape index (κ2) is 10.1. The van der Waals surface area contributed by atoms with Gasteiger partial charge in [-0.05, 0) is 83.7 Å². The largest absolute Gasteiger partial charge is 0.497 e. The number of thioether (sulfide) groups is 1. The topological polar surface area (TPSA) is 47.1 Å². The van der Waals surface area contributed by atoms with Crippen LogP contribution in [0.2, 0.25) is 0 Å². The molecule has 1 N–H and O–H groups in total. The quantitative estimate of drug-likeness (QED) is 0.285. The Hall–Kier alpha value is -2.70. The van der Waals surface area contributed by atoms with E-state index in [1.54, 1.807) is 25.6 Å². The molecule has 160 valence electrons. The predicted molar refractivity (Wildman–Crippen MR) is 133 cm³/mol. The summed E-state index contributed by atoms with van der Waals surface area (Å²) in [5.41, 5.74) is 5.62. The molecule has 0 amide bonds. The molecule has 4 nitrogen and oxygen atoms in total. The van der Waals surface area contributed by atoms with E-state index >= 15 is 0 Å². The smallest absolute Gasteiger partial charge is 0.141 e. The molecule has 0 aliphatic carbocycles. The molecule has 0 aliphatic heterocycles. The number of aryl methyl sites for hydroxylation is 1. The summed E-state index contributed by atoms with van der Waals surface area (Å²) in [7, 11) is 3.37. The second-order valence-corrected chi connectivity index (χ2v) is 9.37. The lowest BCUT2D eigenvalue weighted by atomic mass is 10.1. The molecular formula is C25H26N2O2S2. The van der Waals surface area contributed by atoms with Crippen LogP contribution < -0.4 is 9.47 Å². The number of ether oxygens (including phenoxy) is 2. The molecule has 0 saturated heterocycles. The van der Waals surface area contributed by atoms with E-state index in [-0.39, 0.29) is 0 Å². The highest BCUT2D eigenvalue weighted by atomic mass is 32.2. The maximum absolute atomic E-state index is 5.34. The molecule has 0 radical (unpaired) electrons. The van der Waals surface area contributed by atoms with E-state index in [1.165, 1.54) is 5.56 Å². The summed E-state index contributed by atoms with van der Waals surface area (Å²) in [5.74, 6) is 3.94. The lowest BCUT2D eigenvalue weighted by molar-refractivity contribution is 0.414. The number of H-pyrrole nitrogens is 1. The highest BCUT2D eigenvalue weighted by molar-refractivity contribution is 7.99. The number of methoxy groups -OCH3 is 2. The van der Waals surface area contributed by atoms with E-state index in [0.717, 1.165) is 61.8 Å². The fourth-order valence-corrected chi connectivity index (χ4v) is 5.23. The molecule has 0 aliphatic rings. The molecule has 31 heavy (non-hydrogen) atoms. The van der Waals surface area contributed by atoms with E-state index in [9.17, 15) is 0 Å². The van der Waals surface area contributed by atoms with Gasteiger partial charge in [0.2, 0.25) is 0 Å². The van der Waals surface area contributed by atoms with Crippen molar-refractivity contribution in [3.8, 4) is 43.9 Å². The Bertz CT molecular complexity index is 1050. The van der Waals surface area contributed by atoms with Crippen LogP contribution >= 0.6 is 23.1 Å². The van der Waals surface area contributed by atoms with Gasteiger partial charge in [-0.1, -0.05) is 6.92 Å². The number of nitrogens with one attached hydrogen (secondary N) is 1. The Labute approximate surface area is 191 Å². The van der Waals surface area contributed by atoms with Gasteiger partial charge >= 0.3 is 0 Å². The van der Waals surface area contributed by atoms with E-state index < -0.39 is 0 Å². The number of hydrogen-bond donors (Lipinski definition) is 1. The van der Waals surface area contributed by atoms with Gasteiger partial charge in [0.05, 0.1) is 30.5 Å². The average Bonchev–Trinajstić information content (AvgIpc) is 3.46. The van der Waals surface area contributed by atoms with Gasteiger partial charge in [-0.15, -0.1) is 11.3 Å². The summed E-state index contributed by atoms with van der Waals surface area (Å²) in [6.07, 6.45) is 3.05. The van der Waals surface area contributed by atoms with E-state index in [2.05, 4.69) is 42.2 Å². The third kappa shape index (κ3) is 4.81. The van der Waals surface area contributed by atoms with Crippen molar-refractivity contribution in [2.45, 2.75) is 13.3 Å². The van der Waals surface area contributed by atoms with Gasteiger partial charge < -0.3 is 14.5 Å². The van der Waals surface area contributed by atoms with Crippen molar-refractivity contribution in [3.63, 3.8) is 0 Å². The van der Waals surface area contributed by atoms with Crippen molar-refractivity contribution in [2.24, 2.45) is 0 Å². The van der Waals surface area contributed by atoms with Crippen LogP contribution in [0.5, 0.6) is 11.5 Å². The number of rotatable bonds is 9. The fraction of sp³-hybridized carbons (Fsp3) is 0.240. The Kier molecular flexibility index (Phi) is 6.99. The molecule has 0 spiro atoms. The molecule has 4 aromatic rings. The van der Waals surface area contributed by atoms with Crippen molar-refractivity contribution in [1.29, 1.82) is 0 Å². The summed E-state index contributed by atoms with van der Waals surface area (Å²) in [6.45, 7) is 2.20. The van der Waals surface area contributed by atoms with Gasteiger partial charge in [0, 0.05) is 11.8 Å². The maximum atomic E-state index is 5.34. The minimum Gasteiger partial charge on any atom is -0.497 e. The van der Waals surface area contributed by atoms with Crippen LogP contribution in [0.15, 0.2) is 60.8 Å². The fourth-order valence-electron chi connectivity index (χ4n) is 3.45. The summed E-state index contributed by atoms with van der Waals surface area (Å²) in [5, 5.41) is 1.01. The SMILES string of the molecule is CCSCCc1cc[nH]c1-c1nc(-c2ccc(OC)cc2)c(-c2ccc(OC)cc2)s1. The molecule has 0 bridgehead atoms. The first-order valence-corrected chi connectivity index (χ1v) is 12.2. The molecule has 2 aromatic heterocycles. The third-order valence-corrected chi connectivity index (χ3v) is 7.13. The minimum atomic E-state index is 0.838. The van der Waals surface area contributed by atoms with Gasteiger partial charge in [0.15, 0.2) is 0 Å². The predicted octanol–water partition coefficient (Wildman–Crippen LogP) is 6.79. The van der Waals surface area contributed by atoms with Gasteiger partial charge in [0.1, 0.15) is 16.5 Å². The standard InChI is InChI=1S/C25H26N2O2S2/c1-4-30-16-14-18-13-15-26-23(18)25-27-22(17-5-9-20(28-2)10-6-17)24(31-25)19-7-11-21(29-3)12-8-19/h5-13,15,26H,4,14,16H2,1-3H3. The monoisotopic (exact) mass is 450 g/mol. The van der Waals surface area contributed by atoms with Crippen molar-refractivity contribution in [1.82, 2.24) is 9.97 Å². The van der Waals surface area contributed by atoms with Crippen LogP contribution in [-0.2, 0) is 6.42 Å². The Balaban J connectivity index is 1.77. The number of nitrogens with zero attached hydrogens (tertiary/aromatic N) is 1. The first-order valence-electron chi connectivity index (χ1n) is 10.3. The van der Waals surface area contributed by atoms with E-state index in [0.29, 0.717) is 0 Å². The van der Waals surface area contributed by atoms with Crippen molar-refractivity contribution < 1.29 is 9.47 Å². The highest BCUT2D eigenvalue weighted by Gasteiger charge is 2.19. The first-order chi connectivity index (χ1) is 15.2. The first kappa shape index (κ1) is 21.5. The summed E-state index contributed by atoms with van der Waals surface area (Å²) in [6, 6.07) is 18.4.